The molecule has 0 fully saturated rings. The Morgan fingerprint density at radius 1 is 0.750 bits per heavy atom. The summed E-state index contributed by atoms with van der Waals surface area (Å²) in [6.45, 7) is 1.01. The summed E-state index contributed by atoms with van der Waals surface area (Å²) in [6.07, 6.45) is 0. The first-order chi connectivity index (χ1) is 19.4. The first-order valence-electron chi connectivity index (χ1n) is 12.0. The summed E-state index contributed by atoms with van der Waals surface area (Å²) < 4.78 is 12.1. The molecule has 0 unspecified atom stereocenters. The highest BCUT2D eigenvalue weighted by Gasteiger charge is 2.13. The molecule has 4 aromatic rings. The minimum absolute atomic E-state index is 0.217. The number of hydrogen-bond donors (Lipinski definition) is 4. The lowest BCUT2D eigenvalue weighted by atomic mass is 10.1. The molecule has 2 amide bonds. The average molecular weight is 710 g/mol. The third-order valence-corrected chi connectivity index (χ3v) is 9.21. The van der Waals surface area contributed by atoms with E-state index in [0.29, 0.717) is 35.9 Å². The summed E-state index contributed by atoms with van der Waals surface area (Å²) >= 11 is 6.92. The highest BCUT2D eigenvalue weighted by molar-refractivity contribution is 9.11. The number of nitrogens with one attached hydrogen (secondary N) is 4. The van der Waals surface area contributed by atoms with Gasteiger partial charge < -0.3 is 20.1 Å². The van der Waals surface area contributed by atoms with Crippen molar-refractivity contribution in [2.24, 2.45) is 0 Å². The van der Waals surface area contributed by atoms with Crippen LogP contribution >= 0.6 is 53.4 Å². The van der Waals surface area contributed by atoms with E-state index in [4.69, 9.17) is 9.47 Å². The van der Waals surface area contributed by atoms with Gasteiger partial charge >= 0.3 is 0 Å². The molecule has 0 radical (unpaired) electrons. The van der Waals surface area contributed by atoms with E-state index >= 15 is 0 Å². The number of ether oxygens (including phenoxy) is 2. The zero-order chi connectivity index (χ0) is 28.5. The number of carbonyl (C=O) groups excluding carboxylic acids is 2. The summed E-state index contributed by atoms with van der Waals surface area (Å²) in [5, 5.41) is 19.8. The Bertz CT molecular complexity index is 1370. The van der Waals surface area contributed by atoms with E-state index in [9.17, 15) is 9.59 Å². The third-order valence-electron chi connectivity index (χ3n) is 5.57. The minimum Gasteiger partial charge on any atom is -0.496 e. The maximum Gasteiger partial charge on any atom is 0.269 e. The number of benzene rings is 2. The fourth-order valence-corrected chi connectivity index (χ4v) is 6.44. The monoisotopic (exact) mass is 708 g/mol. The number of aromatic nitrogens is 4. The van der Waals surface area contributed by atoms with Gasteiger partial charge in [0.25, 0.3) is 11.8 Å². The first-order valence-corrected chi connectivity index (χ1v) is 16.1. The summed E-state index contributed by atoms with van der Waals surface area (Å²) in [5.74, 6) is 2.45. The molecule has 4 N–H and O–H groups in total. The van der Waals surface area contributed by atoms with Gasteiger partial charge in [0.2, 0.25) is 0 Å². The van der Waals surface area contributed by atoms with E-state index in [-0.39, 0.29) is 11.8 Å². The van der Waals surface area contributed by atoms with Crippen molar-refractivity contribution in [1.82, 2.24) is 31.0 Å². The predicted octanol–water partition coefficient (Wildman–Crippen LogP) is 5.55. The Labute approximate surface area is 255 Å². The molecule has 2 heterocycles. The number of rotatable bonds is 13. The van der Waals surface area contributed by atoms with E-state index in [2.05, 4.69) is 62.9 Å². The van der Waals surface area contributed by atoms with E-state index in [1.807, 2.05) is 36.4 Å². The van der Waals surface area contributed by atoms with Crippen LogP contribution in [0.25, 0.3) is 22.5 Å². The van der Waals surface area contributed by atoms with Gasteiger partial charge in [-0.3, -0.25) is 19.8 Å². The second-order valence-electron chi connectivity index (χ2n) is 8.19. The van der Waals surface area contributed by atoms with Crippen LogP contribution in [0.4, 0.5) is 0 Å². The van der Waals surface area contributed by atoms with Crippen LogP contribution in [0.1, 0.15) is 21.0 Å². The zero-order valence-electron chi connectivity index (χ0n) is 21.5. The number of halogens is 2. The summed E-state index contributed by atoms with van der Waals surface area (Å²) in [6, 6.07) is 14.6. The molecule has 2 aromatic heterocycles. The number of amides is 2. The molecular weight excluding hydrogens is 684 g/mol. The van der Waals surface area contributed by atoms with Gasteiger partial charge in [-0.2, -0.15) is 10.2 Å². The van der Waals surface area contributed by atoms with Crippen LogP contribution in [-0.4, -0.2) is 71.0 Å². The Hall–Kier alpha value is -2.94. The number of H-pyrrole nitrogens is 2. The molecule has 0 saturated heterocycles. The molecule has 0 aliphatic rings. The largest absolute Gasteiger partial charge is 0.496 e. The van der Waals surface area contributed by atoms with Crippen molar-refractivity contribution >= 4 is 65.3 Å². The van der Waals surface area contributed by atoms with Gasteiger partial charge in [-0.15, -0.1) is 0 Å². The summed E-state index contributed by atoms with van der Waals surface area (Å²) in [7, 11) is 6.46. The normalized spacial score (nSPS) is 10.8. The van der Waals surface area contributed by atoms with Gasteiger partial charge in [-0.25, -0.2) is 0 Å². The molecule has 14 heteroatoms. The molecular formula is C26H26Br2N6O4S2. The van der Waals surface area contributed by atoms with Gasteiger partial charge in [-0.05, 0) is 80.4 Å². The lowest BCUT2D eigenvalue weighted by Gasteiger charge is -2.05. The van der Waals surface area contributed by atoms with Gasteiger partial charge in [0.05, 0.1) is 34.6 Å². The molecule has 10 nitrogen and oxygen atoms in total. The number of hydrogen-bond acceptors (Lipinski definition) is 8. The molecule has 0 aliphatic carbocycles. The van der Waals surface area contributed by atoms with Gasteiger partial charge in [-0.1, -0.05) is 21.6 Å². The van der Waals surface area contributed by atoms with Crippen LogP contribution in [0.5, 0.6) is 11.5 Å². The number of methoxy groups -OCH3 is 2. The maximum absolute atomic E-state index is 12.4. The lowest BCUT2D eigenvalue weighted by molar-refractivity contribution is 0.0943. The molecule has 0 saturated carbocycles. The van der Waals surface area contributed by atoms with Crippen LogP contribution in [0.3, 0.4) is 0 Å². The molecule has 210 valence electrons. The van der Waals surface area contributed by atoms with Crippen LogP contribution in [0.2, 0.25) is 0 Å². The first kappa shape index (κ1) is 30.0. The Kier molecular flexibility index (Phi) is 11.0. The van der Waals surface area contributed by atoms with Crippen molar-refractivity contribution in [3.05, 3.63) is 68.9 Å². The topological polar surface area (TPSA) is 134 Å². The average Bonchev–Trinajstić information content (AvgIpc) is 3.65. The third kappa shape index (κ3) is 7.83. The van der Waals surface area contributed by atoms with E-state index in [0.717, 1.165) is 43.1 Å². The van der Waals surface area contributed by atoms with Crippen molar-refractivity contribution in [1.29, 1.82) is 0 Å². The smallest absolute Gasteiger partial charge is 0.269 e. The van der Waals surface area contributed by atoms with E-state index in [1.54, 1.807) is 47.9 Å². The molecule has 0 spiro atoms. The van der Waals surface area contributed by atoms with Crippen molar-refractivity contribution in [3.8, 4) is 34.0 Å². The van der Waals surface area contributed by atoms with Crippen LogP contribution in [0, 0.1) is 0 Å². The van der Waals surface area contributed by atoms with Crippen molar-refractivity contribution < 1.29 is 19.1 Å². The second kappa shape index (κ2) is 14.6. The number of nitrogens with zero attached hydrogens (tertiary/aromatic N) is 2. The van der Waals surface area contributed by atoms with Gasteiger partial charge in [0.1, 0.15) is 22.9 Å². The fourth-order valence-electron chi connectivity index (χ4n) is 3.54. The second-order valence-corrected chi connectivity index (χ2v) is 12.6. The summed E-state index contributed by atoms with van der Waals surface area (Å²) in [4.78, 5) is 24.9. The molecule has 0 aliphatic heterocycles. The van der Waals surface area contributed by atoms with Gasteiger partial charge in [0.15, 0.2) is 0 Å². The maximum atomic E-state index is 12.4. The van der Waals surface area contributed by atoms with Crippen LogP contribution < -0.4 is 20.1 Å². The van der Waals surface area contributed by atoms with Crippen LogP contribution in [-0.2, 0) is 0 Å². The number of carbonyl (C=O) groups is 2. The standard InChI is InChI=1S/C26H26Br2N6O4S2/c1-37-23-5-3-15(11-17(23)27)19-13-21(33-31-19)25(35)29-7-9-39-40-10-8-30-26(36)22-14-20(32-34-22)16-4-6-24(38-2)18(28)12-16/h3-6,11-14H,7-10H2,1-2H3,(H,29,35)(H,30,36)(H,31,33)(H,32,34). The van der Waals surface area contributed by atoms with Gasteiger partial charge in [0, 0.05) is 35.7 Å². The molecule has 0 atom stereocenters. The Balaban J connectivity index is 1.12. The molecule has 0 bridgehead atoms. The van der Waals surface area contributed by atoms with Crippen molar-refractivity contribution in [3.63, 3.8) is 0 Å². The molecule has 40 heavy (non-hydrogen) atoms. The molecule has 2 aromatic carbocycles. The SMILES string of the molecule is COc1ccc(-c2cc(C(=O)NCCSSCCNC(=O)c3cc(-c4ccc(OC)c(Br)c4)n[nH]3)[nH]n2)cc1Br. The Morgan fingerprint density at radius 3 is 1.55 bits per heavy atom. The zero-order valence-corrected chi connectivity index (χ0v) is 26.4. The minimum atomic E-state index is -0.217. The number of aromatic amines is 2. The lowest BCUT2D eigenvalue weighted by Crippen LogP contribution is -2.26. The van der Waals surface area contributed by atoms with E-state index < -0.39 is 0 Å². The highest BCUT2D eigenvalue weighted by atomic mass is 79.9. The quantitative estimate of drug-likeness (QED) is 0.105. The summed E-state index contributed by atoms with van der Waals surface area (Å²) in [5.41, 5.74) is 3.84. The van der Waals surface area contributed by atoms with Crippen molar-refractivity contribution in [2.75, 3.05) is 38.8 Å². The predicted molar refractivity (Wildman–Crippen MR) is 166 cm³/mol. The van der Waals surface area contributed by atoms with Crippen molar-refractivity contribution in [2.45, 2.75) is 0 Å². The molecule has 4 rings (SSSR count). The van der Waals surface area contributed by atoms with Crippen LogP contribution in [0.15, 0.2) is 57.5 Å². The highest BCUT2D eigenvalue weighted by Crippen LogP contribution is 2.31. The van der Waals surface area contributed by atoms with E-state index in [1.165, 1.54) is 0 Å². The Morgan fingerprint density at radius 2 is 1.18 bits per heavy atom. The fraction of sp³-hybridized carbons (Fsp3) is 0.231.